The van der Waals surface area contributed by atoms with Crippen LogP contribution in [0.25, 0.3) is 10.9 Å². The minimum atomic E-state index is -0.378. The maximum Gasteiger partial charge on any atom is 0.254 e. The molecule has 1 aromatic heterocycles. The van der Waals surface area contributed by atoms with Gasteiger partial charge in [-0.15, -0.1) is 0 Å². The smallest absolute Gasteiger partial charge is 0.254 e. The van der Waals surface area contributed by atoms with Crippen LogP contribution in [0.3, 0.4) is 0 Å². The van der Waals surface area contributed by atoms with Crippen LogP contribution in [0.4, 0.5) is 4.39 Å². The number of benzene rings is 2. The van der Waals surface area contributed by atoms with E-state index in [0.717, 1.165) is 11.9 Å². The number of nitrogens with one attached hydrogen (secondary N) is 1. The molecule has 116 valence electrons. The summed E-state index contributed by atoms with van der Waals surface area (Å²) in [7, 11) is 0. The Morgan fingerprint density at radius 2 is 2.09 bits per heavy atom. The third kappa shape index (κ3) is 2.40. The maximum absolute atomic E-state index is 13.4. The van der Waals surface area contributed by atoms with Crippen LogP contribution in [0.15, 0.2) is 42.5 Å². The van der Waals surface area contributed by atoms with Crippen molar-refractivity contribution in [3.05, 3.63) is 70.7 Å². The molecule has 3 nitrogen and oxygen atoms in total. The first-order valence-corrected chi connectivity index (χ1v) is 7.77. The van der Waals surface area contributed by atoms with Crippen LogP contribution >= 0.6 is 0 Å². The molecule has 3 aromatic rings. The van der Waals surface area contributed by atoms with Crippen molar-refractivity contribution < 1.29 is 9.18 Å². The number of fused-ring (bicyclic) bond motifs is 3. The van der Waals surface area contributed by atoms with Gasteiger partial charge >= 0.3 is 0 Å². The maximum atomic E-state index is 13.4. The minimum Gasteiger partial charge on any atom is -0.358 e. The Kier molecular flexibility index (Phi) is 3.18. The predicted octanol–water partition coefficient (Wildman–Crippen LogP) is 3.81. The van der Waals surface area contributed by atoms with Crippen LogP contribution in [0.2, 0.25) is 0 Å². The molecule has 0 aliphatic carbocycles. The third-order valence-electron chi connectivity index (χ3n) is 4.49. The standard InChI is InChI=1S/C19H17FN2O/c1-12-5-6-17-15(9-12)16-11-22(8-7-18(16)21-17)19(23)13-3-2-4-14(20)10-13/h2-6,9-10,21H,7-8,11H2,1H3. The Labute approximate surface area is 133 Å². The second kappa shape index (κ2) is 5.23. The molecule has 0 fully saturated rings. The molecule has 0 bridgehead atoms. The van der Waals surface area contributed by atoms with Gasteiger partial charge in [-0.05, 0) is 37.3 Å². The molecule has 0 radical (unpaired) electrons. The van der Waals surface area contributed by atoms with Gasteiger partial charge < -0.3 is 9.88 Å². The van der Waals surface area contributed by atoms with Gasteiger partial charge in [-0.3, -0.25) is 4.79 Å². The molecular formula is C19H17FN2O. The first kappa shape index (κ1) is 14.0. The van der Waals surface area contributed by atoms with Crippen molar-refractivity contribution in [2.45, 2.75) is 19.9 Å². The van der Waals surface area contributed by atoms with E-state index >= 15 is 0 Å². The van der Waals surface area contributed by atoms with Crippen LogP contribution in [0, 0.1) is 12.7 Å². The number of hydrogen-bond donors (Lipinski definition) is 1. The van der Waals surface area contributed by atoms with Gasteiger partial charge in [0.1, 0.15) is 5.82 Å². The molecule has 1 amide bonds. The van der Waals surface area contributed by atoms with Crippen molar-refractivity contribution in [2.75, 3.05) is 6.54 Å². The Morgan fingerprint density at radius 3 is 2.91 bits per heavy atom. The Morgan fingerprint density at radius 1 is 1.22 bits per heavy atom. The van der Waals surface area contributed by atoms with Gasteiger partial charge in [0.2, 0.25) is 0 Å². The molecule has 4 heteroatoms. The zero-order valence-corrected chi connectivity index (χ0v) is 12.9. The largest absolute Gasteiger partial charge is 0.358 e. The Hall–Kier alpha value is -2.62. The van der Waals surface area contributed by atoms with Crippen LogP contribution in [0.5, 0.6) is 0 Å². The number of H-pyrrole nitrogens is 1. The monoisotopic (exact) mass is 308 g/mol. The number of carbonyl (C=O) groups is 1. The number of carbonyl (C=O) groups excluding carboxylic acids is 1. The highest BCUT2D eigenvalue weighted by atomic mass is 19.1. The minimum absolute atomic E-state index is 0.114. The molecule has 1 aliphatic rings. The van der Waals surface area contributed by atoms with E-state index in [1.807, 2.05) is 0 Å². The number of amides is 1. The molecular weight excluding hydrogens is 291 g/mol. The zero-order chi connectivity index (χ0) is 16.0. The van der Waals surface area contributed by atoms with Crippen molar-refractivity contribution in [3.63, 3.8) is 0 Å². The molecule has 0 saturated heterocycles. The number of rotatable bonds is 1. The summed E-state index contributed by atoms with van der Waals surface area (Å²) in [5, 5.41) is 1.18. The lowest BCUT2D eigenvalue weighted by Crippen LogP contribution is -2.35. The van der Waals surface area contributed by atoms with Gasteiger partial charge in [0.15, 0.2) is 0 Å². The van der Waals surface area contributed by atoms with Gasteiger partial charge in [-0.2, -0.15) is 0 Å². The topological polar surface area (TPSA) is 36.1 Å². The zero-order valence-electron chi connectivity index (χ0n) is 12.9. The van der Waals surface area contributed by atoms with Gasteiger partial charge in [0.05, 0.1) is 0 Å². The van der Waals surface area contributed by atoms with Gasteiger partial charge in [-0.25, -0.2) is 4.39 Å². The molecule has 0 unspecified atom stereocenters. The first-order chi connectivity index (χ1) is 11.1. The van der Waals surface area contributed by atoms with E-state index in [-0.39, 0.29) is 11.7 Å². The van der Waals surface area contributed by atoms with Gasteiger partial charge in [0, 0.05) is 47.2 Å². The van der Waals surface area contributed by atoms with E-state index < -0.39 is 0 Å². The summed E-state index contributed by atoms with van der Waals surface area (Å²) in [5.41, 5.74) is 5.10. The summed E-state index contributed by atoms with van der Waals surface area (Å²) >= 11 is 0. The van der Waals surface area contributed by atoms with Crippen LogP contribution in [-0.2, 0) is 13.0 Å². The lowest BCUT2D eigenvalue weighted by Gasteiger charge is -2.27. The van der Waals surface area contributed by atoms with Crippen molar-refractivity contribution in [2.24, 2.45) is 0 Å². The Bertz CT molecular complexity index is 913. The fourth-order valence-corrected chi connectivity index (χ4v) is 3.31. The molecule has 1 N–H and O–H groups in total. The summed E-state index contributed by atoms with van der Waals surface area (Å²) in [4.78, 5) is 17.9. The molecule has 2 heterocycles. The number of aromatic amines is 1. The third-order valence-corrected chi connectivity index (χ3v) is 4.49. The van der Waals surface area contributed by atoms with Crippen LogP contribution in [-0.4, -0.2) is 22.3 Å². The number of aromatic nitrogens is 1. The van der Waals surface area contributed by atoms with E-state index in [0.29, 0.717) is 18.7 Å². The van der Waals surface area contributed by atoms with Crippen molar-refractivity contribution in [1.82, 2.24) is 9.88 Å². The predicted molar refractivity (Wildman–Crippen MR) is 87.9 cm³/mol. The van der Waals surface area contributed by atoms with Gasteiger partial charge in [-0.1, -0.05) is 17.7 Å². The van der Waals surface area contributed by atoms with E-state index in [9.17, 15) is 9.18 Å². The quantitative estimate of drug-likeness (QED) is 0.729. The summed E-state index contributed by atoms with van der Waals surface area (Å²) in [5.74, 6) is -0.492. The molecule has 23 heavy (non-hydrogen) atoms. The average Bonchev–Trinajstić information content (AvgIpc) is 2.91. The van der Waals surface area contributed by atoms with E-state index in [2.05, 4.69) is 30.1 Å². The normalized spacial score (nSPS) is 14.1. The second-order valence-electron chi connectivity index (χ2n) is 6.12. The molecule has 0 atom stereocenters. The second-order valence-corrected chi connectivity index (χ2v) is 6.12. The van der Waals surface area contributed by atoms with Gasteiger partial charge in [0.25, 0.3) is 5.91 Å². The number of halogens is 1. The van der Waals surface area contributed by atoms with Crippen molar-refractivity contribution >= 4 is 16.8 Å². The van der Waals surface area contributed by atoms with Crippen LogP contribution < -0.4 is 0 Å². The lowest BCUT2D eigenvalue weighted by molar-refractivity contribution is 0.0734. The van der Waals surface area contributed by atoms with Crippen LogP contribution in [0.1, 0.15) is 27.2 Å². The summed E-state index contributed by atoms with van der Waals surface area (Å²) in [6, 6.07) is 12.2. The van der Waals surface area contributed by atoms with E-state index in [4.69, 9.17) is 0 Å². The highest BCUT2D eigenvalue weighted by molar-refractivity contribution is 5.95. The van der Waals surface area contributed by atoms with E-state index in [1.165, 1.54) is 34.3 Å². The summed E-state index contributed by atoms with van der Waals surface area (Å²) in [6.45, 7) is 3.28. The number of nitrogens with zero attached hydrogens (tertiary/aromatic N) is 1. The molecule has 4 rings (SSSR count). The lowest BCUT2D eigenvalue weighted by atomic mass is 10.0. The molecule has 0 saturated carbocycles. The Balaban J connectivity index is 1.69. The van der Waals surface area contributed by atoms with E-state index in [1.54, 1.807) is 17.0 Å². The molecule has 1 aliphatic heterocycles. The molecule has 2 aromatic carbocycles. The van der Waals surface area contributed by atoms with Crippen molar-refractivity contribution in [1.29, 1.82) is 0 Å². The number of aryl methyl sites for hydroxylation is 1. The first-order valence-electron chi connectivity index (χ1n) is 7.77. The summed E-state index contributed by atoms with van der Waals surface area (Å²) in [6.07, 6.45) is 0.796. The highest BCUT2D eigenvalue weighted by Gasteiger charge is 2.24. The number of hydrogen-bond acceptors (Lipinski definition) is 1. The molecule has 0 spiro atoms. The SMILES string of the molecule is Cc1ccc2[nH]c3c(c2c1)CN(C(=O)c1cccc(F)c1)CC3. The fourth-order valence-electron chi connectivity index (χ4n) is 3.31. The fraction of sp³-hybridized carbons (Fsp3) is 0.211. The summed E-state index contributed by atoms with van der Waals surface area (Å²) < 4.78 is 13.4. The highest BCUT2D eigenvalue weighted by Crippen LogP contribution is 2.29. The average molecular weight is 308 g/mol. The van der Waals surface area contributed by atoms with Crippen molar-refractivity contribution in [3.8, 4) is 0 Å².